The van der Waals surface area contributed by atoms with Crippen LogP contribution < -0.4 is 5.32 Å². The predicted molar refractivity (Wildman–Crippen MR) is 109 cm³/mol. The van der Waals surface area contributed by atoms with Gasteiger partial charge in [0.25, 0.3) is 5.91 Å². The van der Waals surface area contributed by atoms with E-state index in [-0.39, 0.29) is 11.9 Å². The number of nitrogens with zero attached hydrogens (tertiary/aromatic N) is 2. The first-order chi connectivity index (χ1) is 13.6. The zero-order valence-electron chi connectivity index (χ0n) is 16.8. The van der Waals surface area contributed by atoms with Crippen LogP contribution >= 0.6 is 0 Å². The number of carbonyl (C=O) groups is 1. The van der Waals surface area contributed by atoms with Crippen molar-refractivity contribution >= 4 is 5.91 Å². The number of ether oxygens (including phenoxy) is 1. The summed E-state index contributed by atoms with van der Waals surface area (Å²) in [5.41, 5.74) is 2.89. The molecule has 1 aliphatic rings. The molecule has 1 amide bonds. The molecule has 1 fully saturated rings. The normalized spacial score (nSPS) is 18.8. The van der Waals surface area contributed by atoms with E-state index in [9.17, 15) is 9.90 Å². The number of hydrogen-bond acceptors (Lipinski definition) is 4. The highest BCUT2D eigenvalue weighted by Gasteiger charge is 2.28. The van der Waals surface area contributed by atoms with Gasteiger partial charge in [0, 0.05) is 26.3 Å². The molecule has 28 heavy (non-hydrogen) atoms. The fraction of sp³-hybridized carbons (Fsp3) is 0.500. The highest BCUT2D eigenvalue weighted by Crippen LogP contribution is 2.31. The van der Waals surface area contributed by atoms with Gasteiger partial charge >= 0.3 is 0 Å². The molecular formula is C22H31N3O3. The maximum Gasteiger partial charge on any atom is 0.267 e. The molecule has 152 valence electrons. The summed E-state index contributed by atoms with van der Waals surface area (Å²) in [5, 5.41) is 13.2. The number of carbonyl (C=O) groups excluding carboxylic acids is 1. The smallest absolute Gasteiger partial charge is 0.267 e. The van der Waals surface area contributed by atoms with Gasteiger partial charge in [-0.05, 0) is 37.1 Å². The highest BCUT2D eigenvalue weighted by molar-refractivity contribution is 5.92. The molecule has 1 aliphatic heterocycles. The molecule has 2 aromatic rings. The Morgan fingerprint density at radius 2 is 2.04 bits per heavy atom. The Labute approximate surface area is 167 Å². The highest BCUT2D eigenvalue weighted by atomic mass is 16.5. The van der Waals surface area contributed by atoms with Crippen LogP contribution in [0.15, 0.2) is 42.5 Å². The second kappa shape index (κ2) is 9.87. The van der Waals surface area contributed by atoms with E-state index < -0.39 is 6.10 Å². The van der Waals surface area contributed by atoms with Gasteiger partial charge in [0.05, 0.1) is 25.4 Å². The molecule has 1 unspecified atom stereocenters. The number of piperidine rings is 1. The monoisotopic (exact) mass is 385 g/mol. The van der Waals surface area contributed by atoms with Crippen molar-refractivity contribution in [3.8, 4) is 0 Å². The first-order valence-corrected chi connectivity index (χ1v) is 10.0. The Balaban J connectivity index is 1.58. The van der Waals surface area contributed by atoms with Gasteiger partial charge in [0.2, 0.25) is 0 Å². The number of amides is 1. The third kappa shape index (κ3) is 5.01. The van der Waals surface area contributed by atoms with Gasteiger partial charge in [0.15, 0.2) is 0 Å². The third-order valence-corrected chi connectivity index (χ3v) is 5.44. The van der Waals surface area contributed by atoms with Gasteiger partial charge in [-0.2, -0.15) is 0 Å². The summed E-state index contributed by atoms with van der Waals surface area (Å²) in [6.07, 6.45) is 2.77. The van der Waals surface area contributed by atoms with E-state index in [0.29, 0.717) is 25.5 Å². The van der Waals surface area contributed by atoms with Gasteiger partial charge in [-0.15, -0.1) is 0 Å². The first-order valence-electron chi connectivity index (χ1n) is 10.0. The van der Waals surface area contributed by atoms with E-state index in [2.05, 4.69) is 10.2 Å². The molecule has 1 saturated heterocycles. The standard InChI is InChI=1S/C22H31N3O3/c1-23-22(27)21-12-11-19(24(21)2)20-10-6-7-13-25(20)14-18(26)16-28-15-17-8-4-3-5-9-17/h3-5,8-9,11-12,18,20,26H,6-7,10,13-16H2,1-2H3,(H,23,27)/t18-,20?/m1/s1. The number of rotatable bonds is 8. The average Bonchev–Trinajstić information content (AvgIpc) is 3.10. The van der Waals surface area contributed by atoms with E-state index >= 15 is 0 Å². The Kier molecular flexibility index (Phi) is 7.25. The molecule has 2 heterocycles. The quantitative estimate of drug-likeness (QED) is 0.733. The van der Waals surface area contributed by atoms with Crippen LogP contribution in [0.4, 0.5) is 0 Å². The van der Waals surface area contributed by atoms with Crippen molar-refractivity contribution in [2.45, 2.75) is 38.0 Å². The van der Waals surface area contributed by atoms with E-state index in [4.69, 9.17) is 4.74 Å². The van der Waals surface area contributed by atoms with Crippen LogP contribution in [0.25, 0.3) is 0 Å². The summed E-state index contributed by atoms with van der Waals surface area (Å²) in [6, 6.07) is 14.1. The van der Waals surface area contributed by atoms with Crippen molar-refractivity contribution in [1.29, 1.82) is 0 Å². The fourth-order valence-corrected chi connectivity index (χ4v) is 3.97. The van der Waals surface area contributed by atoms with Crippen LogP contribution in [0.1, 0.15) is 47.1 Å². The molecule has 0 spiro atoms. The summed E-state index contributed by atoms with van der Waals surface area (Å²) < 4.78 is 7.68. The number of aromatic nitrogens is 1. The third-order valence-electron chi connectivity index (χ3n) is 5.44. The SMILES string of the molecule is CNC(=O)c1ccc(C2CCCCN2C[C@@H](O)COCc2ccccc2)n1C. The van der Waals surface area contributed by atoms with Crippen LogP contribution in [-0.4, -0.2) is 53.3 Å². The average molecular weight is 386 g/mol. The molecule has 1 aromatic heterocycles. The molecule has 6 nitrogen and oxygen atoms in total. The van der Waals surface area contributed by atoms with Crippen molar-refractivity contribution in [2.24, 2.45) is 7.05 Å². The van der Waals surface area contributed by atoms with Gasteiger partial charge in [0.1, 0.15) is 5.69 Å². The molecule has 6 heteroatoms. The number of aliphatic hydroxyl groups excluding tert-OH is 1. The Morgan fingerprint density at radius 1 is 1.25 bits per heavy atom. The van der Waals surface area contributed by atoms with Gasteiger partial charge in [-0.25, -0.2) is 0 Å². The van der Waals surface area contributed by atoms with Crippen LogP contribution in [0.2, 0.25) is 0 Å². The zero-order chi connectivity index (χ0) is 19.9. The van der Waals surface area contributed by atoms with Crippen LogP contribution in [0.3, 0.4) is 0 Å². The minimum absolute atomic E-state index is 0.0783. The largest absolute Gasteiger partial charge is 0.389 e. The predicted octanol–water partition coefficient (Wildman–Crippen LogP) is 2.49. The number of nitrogens with one attached hydrogen (secondary N) is 1. The second-order valence-corrected chi connectivity index (χ2v) is 7.44. The van der Waals surface area contributed by atoms with E-state index in [1.54, 1.807) is 7.05 Å². The van der Waals surface area contributed by atoms with Crippen molar-refractivity contribution in [3.05, 3.63) is 59.4 Å². The molecule has 2 atom stereocenters. The maximum absolute atomic E-state index is 12.0. The minimum Gasteiger partial charge on any atom is -0.389 e. The number of aliphatic hydroxyl groups is 1. The van der Waals surface area contributed by atoms with Crippen molar-refractivity contribution in [3.63, 3.8) is 0 Å². The molecule has 3 rings (SSSR count). The van der Waals surface area contributed by atoms with E-state index in [0.717, 1.165) is 37.1 Å². The zero-order valence-corrected chi connectivity index (χ0v) is 16.8. The Bertz CT molecular complexity index is 760. The summed E-state index contributed by atoms with van der Waals surface area (Å²) >= 11 is 0. The molecule has 0 saturated carbocycles. The fourth-order valence-electron chi connectivity index (χ4n) is 3.97. The number of likely N-dealkylation sites (tertiary alicyclic amines) is 1. The lowest BCUT2D eigenvalue weighted by atomic mass is 9.99. The van der Waals surface area contributed by atoms with Crippen molar-refractivity contribution < 1.29 is 14.6 Å². The summed E-state index contributed by atoms with van der Waals surface area (Å²) in [7, 11) is 3.58. The molecule has 0 aliphatic carbocycles. The summed E-state index contributed by atoms with van der Waals surface area (Å²) in [4.78, 5) is 14.3. The lowest BCUT2D eigenvalue weighted by molar-refractivity contribution is -0.00450. The van der Waals surface area contributed by atoms with Crippen molar-refractivity contribution in [1.82, 2.24) is 14.8 Å². The van der Waals surface area contributed by atoms with Gasteiger partial charge in [-0.3, -0.25) is 9.69 Å². The van der Waals surface area contributed by atoms with Gasteiger partial charge < -0.3 is 19.7 Å². The molecule has 0 bridgehead atoms. The van der Waals surface area contributed by atoms with E-state index in [1.165, 1.54) is 0 Å². The first kappa shape index (κ1) is 20.6. The lowest BCUT2D eigenvalue weighted by Crippen LogP contribution is -2.41. The molecule has 2 N–H and O–H groups in total. The second-order valence-electron chi connectivity index (χ2n) is 7.44. The Hall–Kier alpha value is -2.15. The van der Waals surface area contributed by atoms with E-state index in [1.807, 2.05) is 54.1 Å². The molecule has 0 radical (unpaired) electrons. The summed E-state index contributed by atoms with van der Waals surface area (Å²) in [6.45, 7) is 2.34. The van der Waals surface area contributed by atoms with Crippen LogP contribution in [0, 0.1) is 0 Å². The van der Waals surface area contributed by atoms with Crippen LogP contribution in [0.5, 0.6) is 0 Å². The number of benzene rings is 1. The Morgan fingerprint density at radius 3 is 2.79 bits per heavy atom. The van der Waals surface area contributed by atoms with Crippen LogP contribution in [-0.2, 0) is 18.4 Å². The lowest BCUT2D eigenvalue weighted by Gasteiger charge is -2.37. The minimum atomic E-state index is -0.539. The topological polar surface area (TPSA) is 66.7 Å². The summed E-state index contributed by atoms with van der Waals surface area (Å²) in [5.74, 6) is -0.0783. The molecular weight excluding hydrogens is 354 g/mol. The number of hydrogen-bond donors (Lipinski definition) is 2. The maximum atomic E-state index is 12.0. The van der Waals surface area contributed by atoms with Crippen molar-refractivity contribution in [2.75, 3.05) is 26.7 Å². The van der Waals surface area contributed by atoms with Gasteiger partial charge in [-0.1, -0.05) is 36.8 Å². The molecule has 1 aromatic carbocycles. The number of β-amino-alcohol motifs (C(OH)–C–C–N with tert-alkyl or cyclic N) is 1.